The number of methoxy groups -OCH3 is 1. The van der Waals surface area contributed by atoms with E-state index in [0.717, 1.165) is 24.5 Å². The molecule has 1 aliphatic rings. The summed E-state index contributed by atoms with van der Waals surface area (Å²) in [6.07, 6.45) is -2.99. The smallest absolute Gasteiger partial charge is 0.433 e. The molecule has 0 fully saturated rings. The van der Waals surface area contributed by atoms with E-state index in [1.54, 1.807) is 6.07 Å². The number of fused-ring (bicyclic) bond motifs is 2. The third-order valence-electron chi connectivity index (χ3n) is 6.10. The molecule has 0 radical (unpaired) electrons. The van der Waals surface area contributed by atoms with E-state index in [-0.39, 0.29) is 41.2 Å². The van der Waals surface area contributed by atoms with Crippen LogP contribution in [0.5, 0.6) is 5.75 Å². The summed E-state index contributed by atoms with van der Waals surface area (Å²) >= 11 is 0. The average molecular weight is 482 g/mol. The molecule has 3 N–H and O–H groups in total. The summed E-state index contributed by atoms with van der Waals surface area (Å²) in [6.45, 7) is -0.0818. The van der Waals surface area contributed by atoms with Crippen LogP contribution in [0.25, 0.3) is 22.4 Å². The largest absolute Gasteiger partial charge is 0.494 e. The topological polar surface area (TPSA) is 103 Å². The monoisotopic (exact) mass is 482 g/mol. The second-order valence-corrected chi connectivity index (χ2v) is 8.16. The van der Waals surface area contributed by atoms with Crippen molar-refractivity contribution in [2.75, 3.05) is 7.11 Å². The van der Waals surface area contributed by atoms with Crippen LogP contribution in [0.2, 0.25) is 0 Å². The van der Waals surface area contributed by atoms with Crippen LogP contribution in [-0.4, -0.2) is 23.0 Å². The first-order valence-electron chi connectivity index (χ1n) is 10.9. The van der Waals surface area contributed by atoms with Crippen LogP contribution in [0.3, 0.4) is 0 Å². The van der Waals surface area contributed by atoms with Gasteiger partial charge in [0.15, 0.2) is 11.5 Å². The number of hydrogen-bond acceptors (Lipinski definition) is 6. The summed E-state index contributed by atoms with van der Waals surface area (Å²) in [6, 6.07) is 13.0. The number of nitrogens with one attached hydrogen (secondary N) is 1. The first-order chi connectivity index (χ1) is 16.8. The van der Waals surface area contributed by atoms with E-state index >= 15 is 0 Å². The molecule has 180 valence electrons. The molecule has 1 atom stereocenters. The second kappa shape index (κ2) is 8.70. The third-order valence-corrected chi connectivity index (χ3v) is 6.10. The fourth-order valence-corrected chi connectivity index (χ4v) is 4.42. The minimum absolute atomic E-state index is 0.000822. The van der Waals surface area contributed by atoms with Crippen molar-refractivity contribution >= 4 is 16.8 Å². The molecule has 0 saturated carbocycles. The Morgan fingerprint density at radius 2 is 1.97 bits per heavy atom. The van der Waals surface area contributed by atoms with Gasteiger partial charge in [0.05, 0.1) is 19.7 Å². The van der Waals surface area contributed by atoms with Crippen LogP contribution in [0, 0.1) is 0 Å². The molecular formula is C25H21F3N4O3. The highest BCUT2D eigenvalue weighted by atomic mass is 19.4. The number of nitrogens with two attached hydrogens (primary N) is 1. The number of rotatable bonds is 5. The molecule has 5 rings (SSSR count). The standard InChI is InChI=1S/C25H21F3N4O3/c1-34-18-10-7-16(15-8-11-20(25(26,27)28)31-21(15)18)24-32-22(19(12-29)35-24)23(33)30-17-9-6-13-4-2-3-5-14(13)17/h2-5,7-8,10-11,17H,6,9,12,29H2,1H3,(H,30,33)/t17-/m1/s1. The minimum atomic E-state index is -4.62. The van der Waals surface area contributed by atoms with E-state index in [4.69, 9.17) is 14.9 Å². The summed E-state index contributed by atoms with van der Waals surface area (Å²) in [7, 11) is 1.34. The van der Waals surface area contributed by atoms with Crippen LogP contribution in [0.15, 0.2) is 52.9 Å². The number of carbonyl (C=O) groups excluding carboxylic acids is 1. The van der Waals surface area contributed by atoms with E-state index in [9.17, 15) is 18.0 Å². The van der Waals surface area contributed by atoms with Crippen molar-refractivity contribution in [2.45, 2.75) is 31.6 Å². The van der Waals surface area contributed by atoms with Gasteiger partial charge in [0.25, 0.3) is 5.91 Å². The molecule has 0 spiro atoms. The van der Waals surface area contributed by atoms with Crippen molar-refractivity contribution in [3.8, 4) is 17.2 Å². The number of alkyl halides is 3. The predicted octanol–water partition coefficient (Wildman–Crippen LogP) is 4.79. The number of hydrogen-bond donors (Lipinski definition) is 2. The number of pyridine rings is 1. The summed E-state index contributed by atoms with van der Waals surface area (Å²) in [5, 5.41) is 3.33. The van der Waals surface area contributed by atoms with Gasteiger partial charge in [-0.1, -0.05) is 24.3 Å². The zero-order chi connectivity index (χ0) is 24.7. The third kappa shape index (κ3) is 4.10. The second-order valence-electron chi connectivity index (χ2n) is 8.16. The number of aryl methyl sites for hydroxylation is 1. The van der Waals surface area contributed by atoms with Crippen molar-refractivity contribution in [3.63, 3.8) is 0 Å². The maximum Gasteiger partial charge on any atom is 0.433 e. The molecule has 1 amide bonds. The Hall–Kier alpha value is -3.92. The molecule has 4 aromatic rings. The summed E-state index contributed by atoms with van der Waals surface area (Å²) in [4.78, 5) is 21.2. The zero-order valence-corrected chi connectivity index (χ0v) is 18.6. The lowest BCUT2D eigenvalue weighted by Gasteiger charge is -2.13. The number of halogens is 3. The van der Waals surface area contributed by atoms with Gasteiger partial charge < -0.3 is 20.2 Å². The lowest BCUT2D eigenvalue weighted by molar-refractivity contribution is -0.140. The molecule has 2 aromatic carbocycles. The first-order valence-corrected chi connectivity index (χ1v) is 10.9. The predicted molar refractivity (Wildman–Crippen MR) is 122 cm³/mol. The Morgan fingerprint density at radius 1 is 1.17 bits per heavy atom. The molecule has 2 heterocycles. The number of ether oxygens (including phenoxy) is 1. The van der Waals surface area contributed by atoms with E-state index in [2.05, 4.69) is 15.3 Å². The molecule has 0 aliphatic heterocycles. The van der Waals surface area contributed by atoms with Crippen LogP contribution < -0.4 is 15.8 Å². The van der Waals surface area contributed by atoms with Gasteiger partial charge in [0, 0.05) is 10.9 Å². The molecular weight excluding hydrogens is 461 g/mol. The Labute approximate surface area is 198 Å². The van der Waals surface area contributed by atoms with Gasteiger partial charge in [-0.15, -0.1) is 0 Å². The molecule has 1 aliphatic carbocycles. The molecule has 2 aromatic heterocycles. The van der Waals surface area contributed by atoms with Crippen LogP contribution in [0.4, 0.5) is 13.2 Å². The maximum absolute atomic E-state index is 13.2. The molecule has 7 nitrogen and oxygen atoms in total. The van der Waals surface area contributed by atoms with Gasteiger partial charge >= 0.3 is 6.18 Å². The Morgan fingerprint density at radius 3 is 2.71 bits per heavy atom. The SMILES string of the molecule is COc1ccc(-c2nc(C(=O)N[C@@H]3CCc4ccccc43)c(CN)o2)c2ccc(C(F)(F)F)nc12. The van der Waals surface area contributed by atoms with Gasteiger partial charge in [0.1, 0.15) is 17.0 Å². The van der Waals surface area contributed by atoms with Crippen molar-refractivity contribution < 1.29 is 27.1 Å². The molecule has 0 unspecified atom stereocenters. The highest BCUT2D eigenvalue weighted by Gasteiger charge is 2.33. The van der Waals surface area contributed by atoms with Gasteiger partial charge in [-0.2, -0.15) is 13.2 Å². The van der Waals surface area contributed by atoms with Crippen molar-refractivity contribution in [2.24, 2.45) is 5.73 Å². The highest BCUT2D eigenvalue weighted by Crippen LogP contribution is 2.37. The Balaban J connectivity index is 1.53. The van der Waals surface area contributed by atoms with Gasteiger partial charge in [-0.25, -0.2) is 9.97 Å². The minimum Gasteiger partial charge on any atom is -0.494 e. The van der Waals surface area contributed by atoms with Crippen LogP contribution >= 0.6 is 0 Å². The van der Waals surface area contributed by atoms with Crippen LogP contribution in [-0.2, 0) is 19.1 Å². The van der Waals surface area contributed by atoms with Gasteiger partial charge in [-0.3, -0.25) is 4.79 Å². The molecule has 35 heavy (non-hydrogen) atoms. The normalized spacial score (nSPS) is 15.3. The number of nitrogens with zero attached hydrogens (tertiary/aromatic N) is 2. The maximum atomic E-state index is 13.2. The summed E-state index contributed by atoms with van der Waals surface area (Å²) in [5.41, 5.74) is 7.42. The number of oxazole rings is 1. The fourth-order valence-electron chi connectivity index (χ4n) is 4.42. The van der Waals surface area contributed by atoms with E-state index in [1.807, 2.05) is 24.3 Å². The van der Waals surface area contributed by atoms with Crippen molar-refractivity contribution in [1.82, 2.24) is 15.3 Å². The molecule has 10 heteroatoms. The average Bonchev–Trinajstić information content (AvgIpc) is 3.47. The quantitative estimate of drug-likeness (QED) is 0.424. The number of amides is 1. The zero-order valence-electron chi connectivity index (χ0n) is 18.6. The van der Waals surface area contributed by atoms with E-state index < -0.39 is 17.8 Å². The number of aromatic nitrogens is 2. The molecule has 0 saturated heterocycles. The van der Waals surface area contributed by atoms with Crippen LogP contribution in [0.1, 0.15) is 45.5 Å². The Kier molecular flexibility index (Phi) is 5.68. The van der Waals surface area contributed by atoms with E-state index in [0.29, 0.717) is 10.9 Å². The Bertz CT molecular complexity index is 1430. The van der Waals surface area contributed by atoms with E-state index in [1.165, 1.54) is 24.8 Å². The summed E-state index contributed by atoms with van der Waals surface area (Å²) in [5.74, 6) is -0.0416. The number of carbonyl (C=O) groups is 1. The fraction of sp³-hybridized carbons (Fsp3) is 0.240. The number of benzene rings is 2. The lowest BCUT2D eigenvalue weighted by Crippen LogP contribution is -2.28. The highest BCUT2D eigenvalue weighted by molar-refractivity contribution is 5.98. The van der Waals surface area contributed by atoms with Gasteiger partial charge in [0.2, 0.25) is 5.89 Å². The molecule has 0 bridgehead atoms. The van der Waals surface area contributed by atoms with Crippen molar-refractivity contribution in [3.05, 3.63) is 76.8 Å². The first kappa shape index (κ1) is 22.9. The summed E-state index contributed by atoms with van der Waals surface area (Å²) < 4.78 is 50.7. The van der Waals surface area contributed by atoms with Crippen molar-refractivity contribution in [1.29, 1.82) is 0 Å². The lowest BCUT2D eigenvalue weighted by atomic mass is 10.1. The van der Waals surface area contributed by atoms with Gasteiger partial charge in [-0.05, 0) is 48.2 Å².